The molecule has 0 radical (unpaired) electrons. The number of rotatable bonds is 5. The van der Waals surface area contributed by atoms with Crippen LogP contribution >= 0.6 is 0 Å². The monoisotopic (exact) mass is 297 g/mol. The zero-order valence-corrected chi connectivity index (χ0v) is 13.1. The second kappa shape index (κ2) is 6.71. The summed E-state index contributed by atoms with van der Waals surface area (Å²) in [5, 5.41) is 0. The minimum absolute atomic E-state index is 0.0590. The molecular formula is C16H25F2N3. The van der Waals surface area contributed by atoms with Gasteiger partial charge < -0.3 is 15.5 Å². The van der Waals surface area contributed by atoms with Crippen LogP contribution in [0.2, 0.25) is 0 Å². The number of nitrogens with zero attached hydrogens (tertiary/aromatic N) is 2. The van der Waals surface area contributed by atoms with Crippen LogP contribution in [0.25, 0.3) is 0 Å². The molecule has 0 saturated carbocycles. The maximum Gasteiger partial charge on any atom is 0.149 e. The van der Waals surface area contributed by atoms with E-state index in [-0.39, 0.29) is 11.7 Å². The van der Waals surface area contributed by atoms with Gasteiger partial charge in [-0.1, -0.05) is 0 Å². The summed E-state index contributed by atoms with van der Waals surface area (Å²) in [5.41, 5.74) is 6.35. The Hall–Kier alpha value is -1.20. The van der Waals surface area contributed by atoms with Gasteiger partial charge in [-0.3, -0.25) is 0 Å². The first-order chi connectivity index (χ1) is 9.88. The first-order valence-electron chi connectivity index (χ1n) is 7.53. The van der Waals surface area contributed by atoms with Gasteiger partial charge in [-0.15, -0.1) is 0 Å². The minimum Gasteiger partial charge on any atom is -0.368 e. The van der Waals surface area contributed by atoms with Crippen LogP contribution in [-0.2, 0) is 6.42 Å². The first kappa shape index (κ1) is 16.2. The van der Waals surface area contributed by atoms with Crippen LogP contribution < -0.4 is 10.6 Å². The van der Waals surface area contributed by atoms with Crippen molar-refractivity contribution in [3.05, 3.63) is 29.3 Å². The third-order valence-electron chi connectivity index (χ3n) is 4.17. The van der Waals surface area contributed by atoms with Crippen LogP contribution in [0.1, 0.15) is 25.3 Å². The highest BCUT2D eigenvalue weighted by molar-refractivity contribution is 5.50. The lowest BCUT2D eigenvalue weighted by Gasteiger charge is -2.28. The summed E-state index contributed by atoms with van der Waals surface area (Å²) in [6, 6.07) is 3.05. The molecule has 1 aromatic carbocycles. The molecule has 5 heteroatoms. The molecule has 1 aliphatic heterocycles. The fraction of sp³-hybridized carbons (Fsp3) is 0.625. The molecule has 3 nitrogen and oxygen atoms in total. The molecule has 1 aliphatic rings. The smallest absolute Gasteiger partial charge is 0.149 e. The number of anilines is 1. The zero-order valence-electron chi connectivity index (χ0n) is 13.1. The maximum atomic E-state index is 14.2. The molecule has 21 heavy (non-hydrogen) atoms. The highest BCUT2D eigenvalue weighted by Gasteiger charge is 2.24. The third-order valence-corrected chi connectivity index (χ3v) is 4.17. The molecule has 0 aromatic heterocycles. The molecule has 2 N–H and O–H groups in total. The van der Waals surface area contributed by atoms with Crippen molar-refractivity contribution >= 4 is 5.69 Å². The number of likely N-dealkylation sites (N-methyl/N-ethyl adjacent to an activating group) is 2. The Morgan fingerprint density at radius 3 is 2.48 bits per heavy atom. The molecule has 0 amide bonds. The molecule has 1 heterocycles. The normalized spacial score (nSPS) is 20.8. The quantitative estimate of drug-likeness (QED) is 0.906. The number of hydrogen-bond acceptors (Lipinski definition) is 3. The lowest BCUT2D eigenvalue weighted by Crippen LogP contribution is -2.37. The average Bonchev–Trinajstić information content (AvgIpc) is 2.73. The second-order valence-electron chi connectivity index (χ2n) is 6.25. The fourth-order valence-electron chi connectivity index (χ4n) is 3.09. The third kappa shape index (κ3) is 3.92. The van der Waals surface area contributed by atoms with Gasteiger partial charge in [0.05, 0.1) is 0 Å². The van der Waals surface area contributed by atoms with Gasteiger partial charge in [0.15, 0.2) is 0 Å². The van der Waals surface area contributed by atoms with E-state index in [0.29, 0.717) is 24.6 Å². The molecule has 2 rings (SSSR count). The Balaban J connectivity index is 2.15. The van der Waals surface area contributed by atoms with Crippen LogP contribution in [0.15, 0.2) is 12.1 Å². The number of benzene rings is 1. The first-order valence-corrected chi connectivity index (χ1v) is 7.53. The average molecular weight is 297 g/mol. The van der Waals surface area contributed by atoms with Gasteiger partial charge in [-0.05, 0) is 57.5 Å². The number of halogens is 2. The van der Waals surface area contributed by atoms with Crippen molar-refractivity contribution in [2.24, 2.45) is 5.73 Å². The van der Waals surface area contributed by atoms with E-state index >= 15 is 0 Å². The second-order valence-corrected chi connectivity index (χ2v) is 6.25. The summed E-state index contributed by atoms with van der Waals surface area (Å²) in [6.07, 6.45) is 2.70. The van der Waals surface area contributed by atoms with E-state index in [1.807, 2.05) is 6.92 Å². The Kier molecular flexibility index (Phi) is 5.17. The van der Waals surface area contributed by atoms with Gasteiger partial charge in [0.2, 0.25) is 0 Å². The lowest BCUT2D eigenvalue weighted by atomic mass is 10.1. The molecule has 2 atom stereocenters. The molecule has 1 aromatic rings. The van der Waals surface area contributed by atoms with Crippen molar-refractivity contribution in [3.8, 4) is 0 Å². The molecule has 0 spiro atoms. The van der Waals surface area contributed by atoms with Crippen molar-refractivity contribution in [2.75, 3.05) is 32.1 Å². The van der Waals surface area contributed by atoms with Crippen LogP contribution in [0.5, 0.6) is 0 Å². The summed E-state index contributed by atoms with van der Waals surface area (Å²) in [4.78, 5) is 3.93. The summed E-state index contributed by atoms with van der Waals surface area (Å²) in [6.45, 7) is 3.51. The molecule has 118 valence electrons. The van der Waals surface area contributed by atoms with Gasteiger partial charge in [-0.25, -0.2) is 8.78 Å². The van der Waals surface area contributed by atoms with Gasteiger partial charge in [0, 0.05) is 25.7 Å². The van der Waals surface area contributed by atoms with Gasteiger partial charge in [-0.2, -0.15) is 0 Å². The molecular weight excluding hydrogens is 272 g/mol. The van der Waals surface area contributed by atoms with E-state index < -0.39 is 11.6 Å². The van der Waals surface area contributed by atoms with Crippen molar-refractivity contribution in [1.82, 2.24) is 4.90 Å². The summed E-state index contributed by atoms with van der Waals surface area (Å²) < 4.78 is 28.5. The molecule has 1 saturated heterocycles. The standard InChI is InChI=1S/C16H25F2N3/c1-11(19)7-12-8-14(17)16(15(18)9-12)21(3)10-13-5-4-6-20(13)2/h8-9,11,13H,4-7,10,19H2,1-3H3. The van der Waals surface area contributed by atoms with E-state index in [1.165, 1.54) is 12.1 Å². The minimum atomic E-state index is -0.506. The van der Waals surface area contributed by atoms with Crippen LogP contribution in [0.4, 0.5) is 14.5 Å². The van der Waals surface area contributed by atoms with Gasteiger partial charge in [0.25, 0.3) is 0 Å². The number of likely N-dealkylation sites (tertiary alicyclic amines) is 1. The largest absolute Gasteiger partial charge is 0.368 e. The predicted octanol–water partition coefficient (Wildman–Crippen LogP) is 2.38. The van der Waals surface area contributed by atoms with Crippen molar-refractivity contribution in [1.29, 1.82) is 0 Å². The molecule has 2 unspecified atom stereocenters. The van der Waals surface area contributed by atoms with E-state index in [2.05, 4.69) is 11.9 Å². The van der Waals surface area contributed by atoms with E-state index in [0.717, 1.165) is 19.4 Å². The Morgan fingerprint density at radius 2 is 2.00 bits per heavy atom. The molecule has 1 fully saturated rings. The zero-order chi connectivity index (χ0) is 15.6. The Bertz CT molecular complexity index is 467. The Labute approximate surface area is 125 Å². The van der Waals surface area contributed by atoms with Gasteiger partial charge >= 0.3 is 0 Å². The van der Waals surface area contributed by atoms with E-state index in [9.17, 15) is 8.78 Å². The summed E-state index contributed by atoms with van der Waals surface area (Å²) in [5.74, 6) is -1.01. The predicted molar refractivity (Wildman–Crippen MR) is 82.6 cm³/mol. The number of hydrogen-bond donors (Lipinski definition) is 1. The van der Waals surface area contributed by atoms with Crippen molar-refractivity contribution < 1.29 is 8.78 Å². The van der Waals surface area contributed by atoms with Crippen LogP contribution in [0.3, 0.4) is 0 Å². The molecule has 0 bridgehead atoms. The van der Waals surface area contributed by atoms with Crippen molar-refractivity contribution in [3.63, 3.8) is 0 Å². The van der Waals surface area contributed by atoms with Crippen LogP contribution in [0, 0.1) is 11.6 Å². The summed E-state index contributed by atoms with van der Waals surface area (Å²) >= 11 is 0. The van der Waals surface area contributed by atoms with E-state index in [1.54, 1.807) is 11.9 Å². The number of nitrogens with two attached hydrogens (primary N) is 1. The Morgan fingerprint density at radius 1 is 1.38 bits per heavy atom. The van der Waals surface area contributed by atoms with Crippen molar-refractivity contribution in [2.45, 2.75) is 38.3 Å². The topological polar surface area (TPSA) is 32.5 Å². The maximum absolute atomic E-state index is 14.2. The molecule has 0 aliphatic carbocycles. The highest BCUT2D eigenvalue weighted by atomic mass is 19.1. The van der Waals surface area contributed by atoms with Gasteiger partial charge in [0.1, 0.15) is 17.3 Å². The summed E-state index contributed by atoms with van der Waals surface area (Å²) in [7, 11) is 3.81. The highest BCUT2D eigenvalue weighted by Crippen LogP contribution is 2.26. The van der Waals surface area contributed by atoms with Crippen LogP contribution in [-0.4, -0.2) is 44.2 Å². The lowest BCUT2D eigenvalue weighted by molar-refractivity contribution is 0.313. The SMILES string of the molecule is CC(N)Cc1cc(F)c(N(C)CC2CCCN2C)c(F)c1. The fourth-order valence-corrected chi connectivity index (χ4v) is 3.09. The van der Waals surface area contributed by atoms with E-state index in [4.69, 9.17) is 5.73 Å².